The Kier molecular flexibility index (Phi) is 4.95. The number of pyridine rings is 1. The molecule has 0 unspecified atom stereocenters. The summed E-state index contributed by atoms with van der Waals surface area (Å²) in [6.07, 6.45) is 2.30. The first-order chi connectivity index (χ1) is 13.5. The first kappa shape index (κ1) is 18.4. The van der Waals surface area contributed by atoms with Gasteiger partial charge in [0.05, 0.1) is 0 Å². The van der Waals surface area contributed by atoms with Crippen molar-refractivity contribution in [1.29, 1.82) is 0 Å². The lowest BCUT2D eigenvalue weighted by Crippen LogP contribution is -2.13. The number of benzene rings is 1. The molecule has 146 valence electrons. The van der Waals surface area contributed by atoms with Crippen LogP contribution in [-0.4, -0.2) is 15.2 Å². The lowest BCUT2D eigenvalue weighted by molar-refractivity contribution is 0.623. The summed E-state index contributed by atoms with van der Waals surface area (Å²) in [5.74, 6) is 0.785. The van der Waals surface area contributed by atoms with E-state index in [0.717, 1.165) is 24.1 Å². The first-order valence-corrected chi connectivity index (χ1v) is 9.27. The lowest BCUT2D eigenvalue weighted by atomic mass is 10.1. The highest BCUT2D eigenvalue weighted by atomic mass is 19.1. The smallest absolute Gasteiger partial charge is 0.170 e. The van der Waals surface area contributed by atoms with Gasteiger partial charge in [-0.1, -0.05) is 12.1 Å². The van der Waals surface area contributed by atoms with E-state index >= 15 is 0 Å². The highest BCUT2D eigenvalue weighted by Crippen LogP contribution is 2.39. The van der Waals surface area contributed by atoms with Gasteiger partial charge in [-0.3, -0.25) is 5.10 Å². The van der Waals surface area contributed by atoms with E-state index < -0.39 is 5.82 Å². The van der Waals surface area contributed by atoms with E-state index in [1.165, 1.54) is 18.2 Å². The minimum absolute atomic E-state index is 0.0693. The SMILES string of the molecule is C[C@H](Nc1nc(Nc2cc(C3CC3)[nH]n2)c(F)cc1CN)c1ccc(F)cc1. The number of hydrogen-bond donors (Lipinski definition) is 4. The van der Waals surface area contributed by atoms with Gasteiger partial charge in [0.25, 0.3) is 0 Å². The second-order valence-electron chi connectivity index (χ2n) is 7.06. The van der Waals surface area contributed by atoms with Gasteiger partial charge in [0, 0.05) is 35.8 Å². The number of rotatable bonds is 7. The van der Waals surface area contributed by atoms with Crippen LogP contribution in [-0.2, 0) is 6.54 Å². The average Bonchev–Trinajstić information content (AvgIpc) is 3.44. The lowest BCUT2D eigenvalue weighted by Gasteiger charge is -2.18. The average molecular weight is 384 g/mol. The molecule has 1 atom stereocenters. The maximum Gasteiger partial charge on any atom is 0.170 e. The summed E-state index contributed by atoms with van der Waals surface area (Å²) in [5.41, 5.74) is 8.25. The molecule has 1 aliphatic carbocycles. The van der Waals surface area contributed by atoms with Crippen molar-refractivity contribution < 1.29 is 8.78 Å². The van der Waals surface area contributed by atoms with Crippen LogP contribution in [0.25, 0.3) is 0 Å². The number of nitrogens with zero attached hydrogens (tertiary/aromatic N) is 2. The highest BCUT2D eigenvalue weighted by Gasteiger charge is 2.25. The van der Waals surface area contributed by atoms with E-state index in [-0.39, 0.29) is 24.2 Å². The van der Waals surface area contributed by atoms with Crippen LogP contribution >= 0.6 is 0 Å². The second kappa shape index (κ2) is 7.55. The van der Waals surface area contributed by atoms with Gasteiger partial charge < -0.3 is 16.4 Å². The maximum absolute atomic E-state index is 14.5. The van der Waals surface area contributed by atoms with E-state index in [1.54, 1.807) is 12.1 Å². The summed E-state index contributed by atoms with van der Waals surface area (Å²) in [4.78, 5) is 4.39. The molecular weight excluding hydrogens is 362 g/mol. The molecule has 0 saturated heterocycles. The third kappa shape index (κ3) is 3.96. The largest absolute Gasteiger partial charge is 0.363 e. The Morgan fingerprint density at radius 2 is 1.93 bits per heavy atom. The van der Waals surface area contributed by atoms with Crippen LogP contribution in [0, 0.1) is 11.6 Å². The molecule has 0 bridgehead atoms. The minimum Gasteiger partial charge on any atom is -0.363 e. The van der Waals surface area contributed by atoms with Crippen molar-refractivity contribution in [3.05, 3.63) is 64.9 Å². The molecule has 1 aromatic carbocycles. The van der Waals surface area contributed by atoms with Gasteiger partial charge >= 0.3 is 0 Å². The molecule has 3 aromatic rings. The number of nitrogens with two attached hydrogens (primary N) is 1. The Morgan fingerprint density at radius 1 is 1.18 bits per heavy atom. The van der Waals surface area contributed by atoms with Crippen LogP contribution < -0.4 is 16.4 Å². The van der Waals surface area contributed by atoms with Crippen LogP contribution in [0.5, 0.6) is 0 Å². The predicted molar refractivity (Wildman–Crippen MR) is 104 cm³/mol. The zero-order valence-corrected chi connectivity index (χ0v) is 15.5. The highest BCUT2D eigenvalue weighted by molar-refractivity contribution is 5.59. The Balaban J connectivity index is 1.56. The summed E-state index contributed by atoms with van der Waals surface area (Å²) in [6.45, 7) is 2.05. The quantitative estimate of drug-likeness (QED) is 0.486. The molecule has 2 aromatic heterocycles. The van der Waals surface area contributed by atoms with Gasteiger partial charge in [-0.15, -0.1) is 0 Å². The van der Waals surface area contributed by atoms with E-state index in [4.69, 9.17) is 5.73 Å². The topological polar surface area (TPSA) is 91.6 Å². The van der Waals surface area contributed by atoms with Crippen LogP contribution in [0.1, 0.15) is 48.5 Å². The number of halogens is 2. The molecule has 1 fully saturated rings. The summed E-state index contributed by atoms with van der Waals surface area (Å²) in [6, 6.07) is 9.27. The van der Waals surface area contributed by atoms with Crippen LogP contribution in [0.4, 0.5) is 26.2 Å². The second-order valence-corrected chi connectivity index (χ2v) is 7.06. The van der Waals surface area contributed by atoms with Crippen molar-refractivity contribution in [2.75, 3.05) is 10.6 Å². The fourth-order valence-electron chi connectivity index (χ4n) is 3.06. The molecule has 2 heterocycles. The first-order valence-electron chi connectivity index (χ1n) is 9.27. The van der Waals surface area contributed by atoms with Gasteiger partial charge in [-0.05, 0) is 43.5 Å². The third-order valence-electron chi connectivity index (χ3n) is 4.86. The fourth-order valence-corrected chi connectivity index (χ4v) is 3.06. The molecule has 1 aliphatic rings. The predicted octanol–water partition coefficient (Wildman–Crippen LogP) is 4.34. The van der Waals surface area contributed by atoms with Gasteiger partial charge in [-0.2, -0.15) is 5.10 Å². The van der Waals surface area contributed by atoms with E-state index in [9.17, 15) is 8.78 Å². The molecule has 0 amide bonds. The standard InChI is InChI=1S/C20H22F2N6/c1-11(12-4-6-15(21)7-5-12)24-19-14(10-23)8-16(22)20(26-19)25-18-9-17(27-28-18)13-2-3-13/h4-9,11,13H,2-3,10,23H2,1H3,(H3,24,25,26,27,28)/t11-/m0/s1. The minimum atomic E-state index is -0.503. The molecule has 0 spiro atoms. The number of aromatic nitrogens is 3. The summed E-state index contributed by atoms with van der Waals surface area (Å²) < 4.78 is 27.6. The zero-order valence-electron chi connectivity index (χ0n) is 15.5. The Bertz CT molecular complexity index is 965. The molecule has 0 radical (unpaired) electrons. The van der Waals surface area contributed by atoms with Crippen molar-refractivity contribution in [2.24, 2.45) is 5.73 Å². The molecular formula is C20H22F2N6. The number of anilines is 3. The van der Waals surface area contributed by atoms with Crippen molar-refractivity contribution in [1.82, 2.24) is 15.2 Å². The van der Waals surface area contributed by atoms with Gasteiger partial charge in [-0.25, -0.2) is 13.8 Å². The van der Waals surface area contributed by atoms with Crippen LogP contribution in [0.15, 0.2) is 36.4 Å². The normalized spacial score (nSPS) is 14.7. The van der Waals surface area contributed by atoms with E-state index in [2.05, 4.69) is 25.8 Å². The van der Waals surface area contributed by atoms with E-state index in [0.29, 0.717) is 23.1 Å². The Morgan fingerprint density at radius 3 is 2.61 bits per heavy atom. The van der Waals surface area contributed by atoms with Crippen molar-refractivity contribution in [2.45, 2.75) is 38.3 Å². The van der Waals surface area contributed by atoms with Crippen molar-refractivity contribution >= 4 is 17.5 Å². The molecule has 1 saturated carbocycles. The number of aromatic amines is 1. The Labute approximate surface area is 161 Å². The molecule has 28 heavy (non-hydrogen) atoms. The zero-order chi connectivity index (χ0) is 19.7. The summed E-state index contributed by atoms with van der Waals surface area (Å²) >= 11 is 0. The molecule has 6 nitrogen and oxygen atoms in total. The van der Waals surface area contributed by atoms with E-state index in [1.807, 2.05) is 13.0 Å². The van der Waals surface area contributed by atoms with Gasteiger partial charge in [0.2, 0.25) is 0 Å². The van der Waals surface area contributed by atoms with Crippen molar-refractivity contribution in [3.63, 3.8) is 0 Å². The summed E-state index contributed by atoms with van der Waals surface area (Å²) in [5, 5.41) is 13.3. The Hall–Kier alpha value is -3.00. The number of nitrogens with one attached hydrogen (secondary N) is 3. The molecule has 0 aliphatic heterocycles. The van der Waals surface area contributed by atoms with Crippen molar-refractivity contribution in [3.8, 4) is 0 Å². The molecule has 8 heteroatoms. The summed E-state index contributed by atoms with van der Waals surface area (Å²) in [7, 11) is 0. The molecule has 5 N–H and O–H groups in total. The van der Waals surface area contributed by atoms with Gasteiger partial charge in [0.15, 0.2) is 17.5 Å². The molecule has 4 rings (SSSR count). The van der Waals surface area contributed by atoms with Crippen LogP contribution in [0.3, 0.4) is 0 Å². The van der Waals surface area contributed by atoms with Gasteiger partial charge in [0.1, 0.15) is 11.6 Å². The maximum atomic E-state index is 14.5. The fraction of sp³-hybridized carbons (Fsp3) is 0.300. The number of hydrogen-bond acceptors (Lipinski definition) is 5. The monoisotopic (exact) mass is 384 g/mol. The third-order valence-corrected chi connectivity index (χ3v) is 4.86. The number of H-pyrrole nitrogens is 1. The van der Waals surface area contributed by atoms with Crippen LogP contribution in [0.2, 0.25) is 0 Å².